The maximum atomic E-state index is 8.47. The molecule has 0 radical (unpaired) electrons. The Morgan fingerprint density at radius 2 is 1.31 bits per heavy atom. The van der Waals surface area contributed by atoms with Crippen molar-refractivity contribution < 1.29 is 0 Å². The largest absolute Gasteiger partial charge is 0.193 e. The molecular weight excluding hydrogens is 350 g/mol. The second-order valence-electron chi connectivity index (χ2n) is 9.64. The molecule has 2 fully saturated rings. The van der Waals surface area contributed by atoms with Crippen LogP contribution in [0, 0.1) is 35.0 Å². The van der Waals surface area contributed by atoms with Crippen LogP contribution in [0.3, 0.4) is 0 Å². The first-order valence-corrected chi connectivity index (χ1v) is 12.7. The van der Waals surface area contributed by atoms with Crippen molar-refractivity contribution in [3.63, 3.8) is 0 Å². The smallest absolute Gasteiger partial charge is 0.0912 e. The summed E-state index contributed by atoms with van der Waals surface area (Å²) in [6, 6.07) is 2.03. The van der Waals surface area contributed by atoms with Gasteiger partial charge in [-0.1, -0.05) is 75.8 Å². The van der Waals surface area contributed by atoms with E-state index in [-0.39, 0.29) is 0 Å². The van der Waals surface area contributed by atoms with Crippen molar-refractivity contribution in [1.29, 1.82) is 5.26 Å². The number of nitriles is 1. The molecule has 0 saturated heterocycles. The van der Waals surface area contributed by atoms with Gasteiger partial charge in [-0.3, -0.25) is 0 Å². The number of hydrogen-bond donors (Lipinski definition) is 0. The molecule has 2 rings (SSSR count). The van der Waals surface area contributed by atoms with E-state index < -0.39 is 0 Å². The highest BCUT2D eigenvalue weighted by molar-refractivity contribution is 5.11. The van der Waals surface area contributed by atoms with E-state index in [2.05, 4.69) is 25.2 Å². The first kappa shape index (κ1) is 24.0. The summed E-state index contributed by atoms with van der Waals surface area (Å²) in [5, 5.41) is 8.47. The van der Waals surface area contributed by atoms with Crippen molar-refractivity contribution in [2.45, 2.75) is 110 Å². The van der Waals surface area contributed by atoms with E-state index in [0.29, 0.717) is 0 Å². The number of rotatable bonds is 12. The fourth-order valence-corrected chi connectivity index (χ4v) is 5.29. The second-order valence-corrected chi connectivity index (χ2v) is 9.64. The quantitative estimate of drug-likeness (QED) is 0.140. The summed E-state index contributed by atoms with van der Waals surface area (Å²) in [6.07, 6.45) is 35.4. The Labute approximate surface area is 181 Å². The van der Waals surface area contributed by atoms with Crippen LogP contribution in [0.15, 0.2) is 36.5 Å². The average molecular weight is 396 g/mol. The zero-order chi connectivity index (χ0) is 20.6. The normalized spacial score (nSPS) is 28.4. The Balaban J connectivity index is 1.53. The van der Waals surface area contributed by atoms with Gasteiger partial charge in [-0.15, -0.1) is 0 Å². The summed E-state index contributed by atoms with van der Waals surface area (Å²) in [6.45, 7) is 2.30. The van der Waals surface area contributed by atoms with Gasteiger partial charge in [0.15, 0.2) is 0 Å². The highest BCUT2D eigenvalue weighted by atomic mass is 14.3. The Bertz CT molecular complexity index is 519. The summed E-state index contributed by atoms with van der Waals surface area (Å²) in [5.41, 5.74) is 0. The highest BCUT2D eigenvalue weighted by Gasteiger charge is 2.21. The SMILES string of the molecule is CCCCCCCC1CCC(/C=C/C2CCC(CCC=CC=CC#N)CC2)CC1. The summed E-state index contributed by atoms with van der Waals surface area (Å²) in [4.78, 5) is 0. The lowest BCUT2D eigenvalue weighted by Gasteiger charge is -2.29. The van der Waals surface area contributed by atoms with Gasteiger partial charge in [0.2, 0.25) is 0 Å². The van der Waals surface area contributed by atoms with Gasteiger partial charge in [0.1, 0.15) is 0 Å². The van der Waals surface area contributed by atoms with Crippen molar-refractivity contribution in [2.24, 2.45) is 23.7 Å². The van der Waals surface area contributed by atoms with E-state index in [1.807, 2.05) is 18.2 Å². The fraction of sp³-hybridized carbons (Fsp3) is 0.750. The van der Waals surface area contributed by atoms with E-state index in [9.17, 15) is 0 Å². The lowest BCUT2D eigenvalue weighted by Crippen LogP contribution is -2.15. The molecule has 0 amide bonds. The van der Waals surface area contributed by atoms with Crippen LogP contribution < -0.4 is 0 Å². The van der Waals surface area contributed by atoms with Gasteiger partial charge in [0, 0.05) is 6.08 Å². The molecule has 0 aliphatic heterocycles. The summed E-state index contributed by atoms with van der Waals surface area (Å²) >= 11 is 0. The standard InChI is InChI=1S/C28H45N/c1-2-3-4-6-9-12-25-14-18-27(19-15-25)22-23-28-20-16-26(17-21-28)13-10-7-5-8-11-24-29/h5,7-8,11,22-23,25-28H,2-4,6,9-10,12-21H2,1H3/b7-5?,11-8?,23-22+. The maximum absolute atomic E-state index is 8.47. The van der Waals surface area contributed by atoms with Gasteiger partial charge in [-0.2, -0.15) is 5.26 Å². The number of hydrogen-bond acceptors (Lipinski definition) is 1. The average Bonchev–Trinajstić information content (AvgIpc) is 2.76. The monoisotopic (exact) mass is 395 g/mol. The fourth-order valence-electron chi connectivity index (χ4n) is 5.29. The molecule has 0 aromatic carbocycles. The molecule has 0 unspecified atom stereocenters. The van der Waals surface area contributed by atoms with Gasteiger partial charge in [0.05, 0.1) is 6.07 Å². The minimum atomic E-state index is 0.844. The van der Waals surface area contributed by atoms with Crippen LogP contribution in [0.1, 0.15) is 110 Å². The lowest BCUT2D eigenvalue weighted by atomic mass is 9.77. The number of unbranched alkanes of at least 4 members (excludes halogenated alkanes) is 4. The second kappa shape index (κ2) is 15.5. The molecule has 2 saturated carbocycles. The topological polar surface area (TPSA) is 23.8 Å². The van der Waals surface area contributed by atoms with E-state index >= 15 is 0 Å². The van der Waals surface area contributed by atoms with E-state index in [0.717, 1.165) is 30.1 Å². The molecule has 2 aliphatic carbocycles. The highest BCUT2D eigenvalue weighted by Crippen LogP contribution is 2.35. The number of nitrogens with zero attached hydrogens (tertiary/aromatic N) is 1. The van der Waals surface area contributed by atoms with Crippen LogP contribution in [-0.4, -0.2) is 0 Å². The molecule has 0 N–H and O–H groups in total. The van der Waals surface area contributed by atoms with Gasteiger partial charge in [-0.05, 0) is 87.9 Å². The molecular formula is C28H45N. The van der Waals surface area contributed by atoms with Gasteiger partial charge in [-0.25, -0.2) is 0 Å². The molecule has 0 bridgehead atoms. The Kier molecular flexibility index (Phi) is 12.8. The predicted octanol–water partition coefficient (Wildman–Crippen LogP) is 8.93. The van der Waals surface area contributed by atoms with Crippen LogP contribution >= 0.6 is 0 Å². The molecule has 162 valence electrons. The Morgan fingerprint density at radius 1 is 0.724 bits per heavy atom. The van der Waals surface area contributed by atoms with Crippen molar-refractivity contribution in [3.05, 3.63) is 36.5 Å². The summed E-state index contributed by atoms with van der Waals surface area (Å²) < 4.78 is 0. The van der Waals surface area contributed by atoms with E-state index in [4.69, 9.17) is 5.26 Å². The maximum Gasteiger partial charge on any atom is 0.0912 e. The molecule has 1 nitrogen and oxygen atoms in total. The Hall–Kier alpha value is -1.29. The first-order valence-electron chi connectivity index (χ1n) is 12.7. The van der Waals surface area contributed by atoms with E-state index in [1.165, 1.54) is 102 Å². The van der Waals surface area contributed by atoms with Crippen LogP contribution in [-0.2, 0) is 0 Å². The van der Waals surface area contributed by atoms with Gasteiger partial charge < -0.3 is 0 Å². The van der Waals surface area contributed by atoms with Gasteiger partial charge in [0.25, 0.3) is 0 Å². The molecule has 0 aromatic rings. The molecule has 0 aromatic heterocycles. The zero-order valence-electron chi connectivity index (χ0n) is 19.0. The first-order chi connectivity index (χ1) is 14.3. The minimum Gasteiger partial charge on any atom is -0.193 e. The van der Waals surface area contributed by atoms with E-state index in [1.54, 1.807) is 0 Å². The predicted molar refractivity (Wildman–Crippen MR) is 127 cm³/mol. The van der Waals surface area contributed by atoms with Crippen LogP contribution in [0.2, 0.25) is 0 Å². The van der Waals surface area contributed by atoms with Crippen LogP contribution in [0.5, 0.6) is 0 Å². The van der Waals surface area contributed by atoms with Crippen molar-refractivity contribution in [2.75, 3.05) is 0 Å². The van der Waals surface area contributed by atoms with Gasteiger partial charge >= 0.3 is 0 Å². The van der Waals surface area contributed by atoms with Crippen molar-refractivity contribution in [1.82, 2.24) is 0 Å². The lowest BCUT2D eigenvalue weighted by molar-refractivity contribution is 0.282. The molecule has 0 atom stereocenters. The number of allylic oxidation sites excluding steroid dienone is 6. The van der Waals surface area contributed by atoms with Crippen molar-refractivity contribution in [3.8, 4) is 6.07 Å². The third kappa shape index (κ3) is 10.9. The minimum absolute atomic E-state index is 0.844. The third-order valence-corrected chi connectivity index (χ3v) is 7.31. The third-order valence-electron chi connectivity index (χ3n) is 7.31. The Morgan fingerprint density at radius 3 is 1.90 bits per heavy atom. The van der Waals surface area contributed by atoms with Crippen LogP contribution in [0.25, 0.3) is 0 Å². The molecule has 2 aliphatic rings. The molecule has 0 heterocycles. The van der Waals surface area contributed by atoms with Crippen molar-refractivity contribution >= 4 is 0 Å². The summed E-state index contributed by atoms with van der Waals surface area (Å²) in [7, 11) is 0. The molecule has 0 spiro atoms. The summed E-state index contributed by atoms with van der Waals surface area (Å²) in [5.74, 6) is 3.66. The molecule has 1 heteroatoms. The molecule has 29 heavy (non-hydrogen) atoms. The van der Waals surface area contributed by atoms with Crippen LogP contribution in [0.4, 0.5) is 0 Å². The zero-order valence-corrected chi connectivity index (χ0v) is 19.0.